The van der Waals surface area contributed by atoms with E-state index in [2.05, 4.69) is 21.8 Å². The fraction of sp³-hybridized carbons (Fsp3) is 0.750. The van der Waals surface area contributed by atoms with Crippen molar-refractivity contribution in [2.75, 3.05) is 47.3 Å². The van der Waals surface area contributed by atoms with Gasteiger partial charge in [-0.1, -0.05) is 0 Å². The molecule has 2 aliphatic rings. The van der Waals surface area contributed by atoms with Crippen molar-refractivity contribution in [2.24, 2.45) is 5.41 Å². The van der Waals surface area contributed by atoms with Crippen LogP contribution in [0.2, 0.25) is 0 Å². The summed E-state index contributed by atoms with van der Waals surface area (Å²) in [5, 5.41) is 2.93. The van der Waals surface area contributed by atoms with Gasteiger partial charge >= 0.3 is 0 Å². The third kappa shape index (κ3) is 3.34. The summed E-state index contributed by atoms with van der Waals surface area (Å²) in [6, 6.07) is 0. The van der Waals surface area contributed by atoms with Crippen LogP contribution in [0.5, 0.6) is 0 Å². The first-order chi connectivity index (χ1) is 10.5. The molecule has 0 N–H and O–H groups in total. The van der Waals surface area contributed by atoms with Crippen LogP contribution in [0.4, 0.5) is 0 Å². The zero-order chi connectivity index (χ0) is 15.7. The van der Waals surface area contributed by atoms with Crippen LogP contribution in [0, 0.1) is 5.41 Å². The first kappa shape index (κ1) is 15.9. The third-order valence-corrected chi connectivity index (χ3v) is 5.63. The number of thiazole rings is 1. The summed E-state index contributed by atoms with van der Waals surface area (Å²) in [5.74, 6) is 0.120. The molecular weight excluding hydrogens is 296 g/mol. The molecule has 3 rings (SSSR count). The van der Waals surface area contributed by atoms with Gasteiger partial charge in [0.25, 0.3) is 5.91 Å². The zero-order valence-electron chi connectivity index (χ0n) is 13.8. The van der Waals surface area contributed by atoms with Crippen molar-refractivity contribution in [3.05, 3.63) is 16.1 Å². The topological polar surface area (TPSA) is 39.7 Å². The lowest BCUT2D eigenvalue weighted by Gasteiger charge is -2.40. The second-order valence-corrected chi connectivity index (χ2v) is 8.12. The molecule has 1 aromatic rings. The number of amides is 1. The number of carbonyl (C=O) groups excluding carboxylic acids is 1. The molecular formula is C16H26N4OS. The van der Waals surface area contributed by atoms with E-state index < -0.39 is 0 Å². The molecule has 2 fully saturated rings. The Hall–Kier alpha value is -0.980. The lowest BCUT2D eigenvalue weighted by atomic mass is 9.79. The molecule has 2 saturated heterocycles. The molecule has 2 aliphatic heterocycles. The van der Waals surface area contributed by atoms with E-state index in [4.69, 9.17) is 0 Å². The van der Waals surface area contributed by atoms with E-state index in [1.807, 2.05) is 24.4 Å². The molecule has 1 spiro atoms. The van der Waals surface area contributed by atoms with E-state index in [-0.39, 0.29) is 5.91 Å². The van der Waals surface area contributed by atoms with Gasteiger partial charge in [0.1, 0.15) is 10.7 Å². The van der Waals surface area contributed by atoms with Crippen molar-refractivity contribution >= 4 is 17.2 Å². The minimum Gasteiger partial charge on any atom is -0.337 e. The lowest BCUT2D eigenvalue weighted by molar-refractivity contribution is 0.0529. The average molecular weight is 322 g/mol. The van der Waals surface area contributed by atoms with Crippen LogP contribution in [0.15, 0.2) is 5.38 Å². The third-order valence-electron chi connectivity index (χ3n) is 4.80. The Balaban J connectivity index is 1.68. The van der Waals surface area contributed by atoms with Gasteiger partial charge in [-0.3, -0.25) is 4.79 Å². The summed E-state index contributed by atoms with van der Waals surface area (Å²) in [7, 11) is 6.23. The van der Waals surface area contributed by atoms with E-state index >= 15 is 0 Å². The molecule has 22 heavy (non-hydrogen) atoms. The highest BCUT2D eigenvalue weighted by Gasteiger charge is 2.41. The van der Waals surface area contributed by atoms with Crippen molar-refractivity contribution < 1.29 is 4.79 Å². The van der Waals surface area contributed by atoms with Crippen LogP contribution in [0.25, 0.3) is 0 Å². The van der Waals surface area contributed by atoms with Gasteiger partial charge in [-0.05, 0) is 47.0 Å². The maximum absolute atomic E-state index is 12.8. The van der Waals surface area contributed by atoms with Gasteiger partial charge in [0.15, 0.2) is 0 Å². The van der Waals surface area contributed by atoms with Gasteiger partial charge in [-0.2, -0.15) is 0 Å². The quantitative estimate of drug-likeness (QED) is 0.850. The highest BCUT2D eigenvalue weighted by molar-refractivity contribution is 7.09. The standard InChI is InChI=1S/C16H26N4OS/c1-18(2)9-14-17-13(10-22-14)15(21)20-7-4-5-16(12-20)6-8-19(3)11-16/h10H,4-9,11-12H2,1-3H3/t16-/m1/s1. The fourth-order valence-corrected chi connectivity index (χ4v) is 4.67. The fourth-order valence-electron chi connectivity index (χ4n) is 3.79. The van der Waals surface area contributed by atoms with Gasteiger partial charge in [0.05, 0.1) is 0 Å². The predicted octanol–water partition coefficient (Wildman–Crippen LogP) is 1.76. The van der Waals surface area contributed by atoms with Crippen LogP contribution in [0.1, 0.15) is 34.8 Å². The van der Waals surface area contributed by atoms with Crippen molar-refractivity contribution in [1.82, 2.24) is 19.7 Å². The van der Waals surface area contributed by atoms with Crippen LogP contribution in [-0.4, -0.2) is 72.9 Å². The molecule has 1 atom stereocenters. The Kier molecular flexibility index (Phi) is 4.52. The summed E-state index contributed by atoms with van der Waals surface area (Å²) in [5.41, 5.74) is 0.954. The van der Waals surface area contributed by atoms with E-state index in [0.717, 1.165) is 44.2 Å². The summed E-state index contributed by atoms with van der Waals surface area (Å²) in [6.45, 7) is 4.86. The molecule has 1 amide bonds. The minimum absolute atomic E-state index is 0.120. The van der Waals surface area contributed by atoms with E-state index in [1.54, 1.807) is 11.3 Å². The summed E-state index contributed by atoms with van der Waals surface area (Å²) >= 11 is 1.59. The van der Waals surface area contributed by atoms with Crippen LogP contribution in [0.3, 0.4) is 0 Å². The van der Waals surface area contributed by atoms with E-state index in [9.17, 15) is 4.79 Å². The average Bonchev–Trinajstić information content (AvgIpc) is 3.05. The Morgan fingerprint density at radius 2 is 2.18 bits per heavy atom. The number of nitrogens with zero attached hydrogens (tertiary/aromatic N) is 4. The Bertz CT molecular complexity index is 540. The molecule has 0 saturated carbocycles. The number of hydrogen-bond donors (Lipinski definition) is 0. The molecule has 0 radical (unpaired) electrons. The van der Waals surface area contributed by atoms with E-state index in [1.165, 1.54) is 12.8 Å². The predicted molar refractivity (Wildman–Crippen MR) is 89.2 cm³/mol. The number of hydrogen-bond acceptors (Lipinski definition) is 5. The van der Waals surface area contributed by atoms with Crippen LogP contribution in [-0.2, 0) is 6.54 Å². The lowest BCUT2D eigenvalue weighted by Crippen LogP contribution is -2.47. The highest BCUT2D eigenvalue weighted by Crippen LogP contribution is 2.38. The zero-order valence-corrected chi connectivity index (χ0v) is 14.7. The monoisotopic (exact) mass is 322 g/mol. The first-order valence-corrected chi connectivity index (χ1v) is 8.92. The summed E-state index contributed by atoms with van der Waals surface area (Å²) in [4.78, 5) is 23.8. The molecule has 0 bridgehead atoms. The highest BCUT2D eigenvalue weighted by atomic mass is 32.1. The summed E-state index contributed by atoms with van der Waals surface area (Å²) < 4.78 is 0. The van der Waals surface area contributed by atoms with Gasteiger partial charge in [-0.25, -0.2) is 4.98 Å². The van der Waals surface area contributed by atoms with Crippen molar-refractivity contribution in [2.45, 2.75) is 25.8 Å². The van der Waals surface area contributed by atoms with Crippen molar-refractivity contribution in [1.29, 1.82) is 0 Å². The molecule has 122 valence electrons. The molecule has 3 heterocycles. The minimum atomic E-state index is 0.120. The SMILES string of the molecule is CN(C)Cc1nc(C(=O)N2CCC[C@]3(CCN(C)C3)C2)cs1. The normalized spacial score (nSPS) is 26.3. The van der Waals surface area contributed by atoms with Gasteiger partial charge < -0.3 is 14.7 Å². The van der Waals surface area contributed by atoms with E-state index in [0.29, 0.717) is 11.1 Å². The van der Waals surface area contributed by atoms with Crippen molar-refractivity contribution in [3.8, 4) is 0 Å². The second kappa shape index (κ2) is 6.26. The maximum atomic E-state index is 12.8. The van der Waals surface area contributed by atoms with Gasteiger partial charge in [0, 0.05) is 37.0 Å². The number of carbonyl (C=O) groups is 1. The smallest absolute Gasteiger partial charge is 0.273 e. The Morgan fingerprint density at radius 3 is 2.86 bits per heavy atom. The maximum Gasteiger partial charge on any atom is 0.273 e. The Labute approximate surface area is 136 Å². The number of piperidine rings is 1. The Morgan fingerprint density at radius 1 is 1.36 bits per heavy atom. The van der Waals surface area contributed by atoms with Gasteiger partial charge in [0.2, 0.25) is 0 Å². The molecule has 1 aromatic heterocycles. The molecule has 0 unspecified atom stereocenters. The van der Waals surface area contributed by atoms with Crippen molar-refractivity contribution in [3.63, 3.8) is 0 Å². The molecule has 5 nitrogen and oxygen atoms in total. The molecule has 0 aromatic carbocycles. The summed E-state index contributed by atoms with van der Waals surface area (Å²) in [6.07, 6.45) is 3.59. The first-order valence-electron chi connectivity index (χ1n) is 8.04. The largest absolute Gasteiger partial charge is 0.337 e. The number of rotatable bonds is 3. The van der Waals surface area contributed by atoms with Crippen LogP contribution < -0.4 is 0 Å². The van der Waals surface area contributed by atoms with Gasteiger partial charge in [-0.15, -0.1) is 11.3 Å². The number of likely N-dealkylation sites (tertiary alicyclic amines) is 2. The van der Waals surface area contributed by atoms with Crippen LogP contribution >= 0.6 is 11.3 Å². The second-order valence-electron chi connectivity index (χ2n) is 7.18. The number of aromatic nitrogens is 1. The molecule has 0 aliphatic carbocycles. The molecule has 6 heteroatoms.